The highest BCUT2D eigenvalue weighted by atomic mass is 35.5. The Labute approximate surface area is 125 Å². The van der Waals surface area contributed by atoms with E-state index in [4.69, 9.17) is 16.3 Å². The van der Waals surface area contributed by atoms with Crippen molar-refractivity contribution in [1.82, 2.24) is 5.32 Å². The van der Waals surface area contributed by atoms with Gasteiger partial charge in [0.25, 0.3) is 0 Å². The molecule has 4 heteroatoms. The molecule has 1 saturated heterocycles. The third-order valence-corrected chi connectivity index (χ3v) is 4.00. The fourth-order valence-corrected chi connectivity index (χ4v) is 2.96. The van der Waals surface area contributed by atoms with Crippen molar-refractivity contribution in [2.45, 2.75) is 32.8 Å². The second kappa shape index (κ2) is 7.39. The Morgan fingerprint density at radius 2 is 2.25 bits per heavy atom. The minimum Gasteiger partial charge on any atom is -0.373 e. The molecule has 112 valence electrons. The van der Waals surface area contributed by atoms with Gasteiger partial charge in [0.2, 0.25) is 0 Å². The number of hydrogen-bond acceptors (Lipinski definition) is 2. The lowest BCUT2D eigenvalue weighted by Gasteiger charge is -2.33. The number of ether oxygens (including phenoxy) is 1. The number of nitrogens with one attached hydrogen (secondary N) is 1. The van der Waals surface area contributed by atoms with Crippen LogP contribution < -0.4 is 5.32 Å². The number of rotatable bonds is 5. The van der Waals surface area contributed by atoms with Crippen molar-refractivity contribution in [2.24, 2.45) is 11.8 Å². The van der Waals surface area contributed by atoms with E-state index in [1.54, 1.807) is 6.07 Å². The van der Waals surface area contributed by atoms with Crippen molar-refractivity contribution in [3.63, 3.8) is 0 Å². The molecule has 1 aliphatic rings. The van der Waals surface area contributed by atoms with Gasteiger partial charge in [-0.15, -0.1) is 0 Å². The largest absolute Gasteiger partial charge is 0.373 e. The van der Waals surface area contributed by atoms with Gasteiger partial charge >= 0.3 is 0 Å². The molecule has 0 amide bonds. The summed E-state index contributed by atoms with van der Waals surface area (Å²) in [6.45, 7) is 7.05. The molecule has 0 saturated carbocycles. The molecular formula is C16H23ClFNO. The summed E-state index contributed by atoms with van der Waals surface area (Å²) in [4.78, 5) is 0. The van der Waals surface area contributed by atoms with E-state index >= 15 is 0 Å². The molecule has 0 radical (unpaired) electrons. The molecule has 0 aliphatic carbocycles. The van der Waals surface area contributed by atoms with Gasteiger partial charge in [-0.1, -0.05) is 31.5 Å². The van der Waals surface area contributed by atoms with Crippen molar-refractivity contribution in [1.29, 1.82) is 0 Å². The Kier molecular flexibility index (Phi) is 5.82. The second-order valence-electron chi connectivity index (χ2n) is 5.91. The monoisotopic (exact) mass is 299 g/mol. The summed E-state index contributed by atoms with van der Waals surface area (Å²) in [7, 11) is 0. The van der Waals surface area contributed by atoms with Gasteiger partial charge in [-0.3, -0.25) is 0 Å². The molecule has 1 heterocycles. The molecule has 1 N–H and O–H groups in total. The predicted molar refractivity (Wildman–Crippen MR) is 80.5 cm³/mol. The molecule has 2 atom stereocenters. The summed E-state index contributed by atoms with van der Waals surface area (Å²) < 4.78 is 19.1. The Balaban J connectivity index is 2.06. The molecule has 2 rings (SSSR count). The van der Waals surface area contributed by atoms with Crippen molar-refractivity contribution in [3.05, 3.63) is 34.6 Å². The highest BCUT2D eigenvalue weighted by Crippen LogP contribution is 2.36. The maximum atomic E-state index is 13.2. The summed E-state index contributed by atoms with van der Waals surface area (Å²) in [5, 5.41) is 3.95. The fourth-order valence-electron chi connectivity index (χ4n) is 2.69. The SMILES string of the molecule is CC(C)CNCC1CCCOC1c1ccc(F)cc1Cl. The molecule has 20 heavy (non-hydrogen) atoms. The van der Waals surface area contributed by atoms with Crippen LogP contribution in [0.2, 0.25) is 5.02 Å². The second-order valence-corrected chi connectivity index (χ2v) is 6.32. The normalized spacial score (nSPS) is 23.2. The summed E-state index contributed by atoms with van der Waals surface area (Å²) >= 11 is 6.17. The first-order valence-electron chi connectivity index (χ1n) is 7.35. The fraction of sp³-hybridized carbons (Fsp3) is 0.625. The molecule has 1 fully saturated rings. The van der Waals surface area contributed by atoms with Crippen LogP contribution in [0.3, 0.4) is 0 Å². The zero-order chi connectivity index (χ0) is 14.5. The minimum atomic E-state index is -0.302. The van der Waals surface area contributed by atoms with Crippen LogP contribution in [0, 0.1) is 17.7 Å². The minimum absolute atomic E-state index is 0.0310. The smallest absolute Gasteiger partial charge is 0.124 e. The number of hydrogen-bond donors (Lipinski definition) is 1. The lowest BCUT2D eigenvalue weighted by Crippen LogP contribution is -2.33. The maximum absolute atomic E-state index is 13.2. The van der Waals surface area contributed by atoms with E-state index in [2.05, 4.69) is 19.2 Å². The van der Waals surface area contributed by atoms with Crippen LogP contribution in [0.4, 0.5) is 4.39 Å². The summed E-state index contributed by atoms with van der Waals surface area (Å²) in [5.41, 5.74) is 0.907. The molecular weight excluding hydrogens is 277 g/mol. The van der Waals surface area contributed by atoms with Gasteiger partial charge in [-0.25, -0.2) is 4.39 Å². The Morgan fingerprint density at radius 3 is 2.95 bits per heavy atom. The average molecular weight is 300 g/mol. The van der Waals surface area contributed by atoms with Crippen LogP contribution >= 0.6 is 11.6 Å². The Morgan fingerprint density at radius 1 is 1.45 bits per heavy atom. The number of halogens is 2. The Hall–Kier alpha value is -0.640. The van der Waals surface area contributed by atoms with Crippen molar-refractivity contribution in [2.75, 3.05) is 19.7 Å². The van der Waals surface area contributed by atoms with Gasteiger partial charge in [0.1, 0.15) is 5.82 Å². The van der Waals surface area contributed by atoms with Crippen molar-refractivity contribution >= 4 is 11.6 Å². The zero-order valence-electron chi connectivity index (χ0n) is 12.2. The van der Waals surface area contributed by atoms with E-state index < -0.39 is 0 Å². The van der Waals surface area contributed by atoms with E-state index in [0.29, 0.717) is 16.9 Å². The van der Waals surface area contributed by atoms with Crippen LogP contribution in [-0.2, 0) is 4.74 Å². The molecule has 0 spiro atoms. The highest BCUT2D eigenvalue weighted by molar-refractivity contribution is 6.31. The first-order chi connectivity index (χ1) is 9.58. The van der Waals surface area contributed by atoms with E-state index in [0.717, 1.165) is 38.1 Å². The van der Waals surface area contributed by atoms with Crippen LogP contribution in [0.1, 0.15) is 38.4 Å². The highest BCUT2D eigenvalue weighted by Gasteiger charge is 2.28. The van der Waals surface area contributed by atoms with E-state index in [1.165, 1.54) is 12.1 Å². The van der Waals surface area contributed by atoms with E-state index in [9.17, 15) is 4.39 Å². The lowest BCUT2D eigenvalue weighted by atomic mass is 9.89. The van der Waals surface area contributed by atoms with Gasteiger partial charge in [0, 0.05) is 24.1 Å². The van der Waals surface area contributed by atoms with Crippen LogP contribution in [0.25, 0.3) is 0 Å². The topological polar surface area (TPSA) is 21.3 Å². The zero-order valence-corrected chi connectivity index (χ0v) is 12.9. The number of benzene rings is 1. The van der Waals surface area contributed by atoms with Crippen LogP contribution in [0.5, 0.6) is 0 Å². The standard InChI is InChI=1S/C16H23ClFNO/c1-11(2)9-19-10-12-4-3-7-20-16(12)14-6-5-13(18)8-15(14)17/h5-6,8,11-12,16,19H,3-4,7,9-10H2,1-2H3. The van der Waals surface area contributed by atoms with Crippen LogP contribution in [0.15, 0.2) is 18.2 Å². The third-order valence-electron chi connectivity index (χ3n) is 3.67. The molecule has 1 aliphatic heterocycles. The summed E-state index contributed by atoms with van der Waals surface area (Å²) in [5.74, 6) is 0.724. The molecule has 0 aromatic heterocycles. The quantitative estimate of drug-likeness (QED) is 0.880. The molecule has 1 aromatic rings. The third kappa shape index (κ3) is 4.18. The summed E-state index contributed by atoms with van der Waals surface area (Å²) in [6, 6.07) is 4.58. The van der Waals surface area contributed by atoms with E-state index in [1.807, 2.05) is 0 Å². The first-order valence-corrected chi connectivity index (χ1v) is 7.73. The van der Waals surface area contributed by atoms with Gasteiger partial charge in [-0.2, -0.15) is 0 Å². The van der Waals surface area contributed by atoms with E-state index in [-0.39, 0.29) is 11.9 Å². The van der Waals surface area contributed by atoms with Crippen molar-refractivity contribution < 1.29 is 9.13 Å². The first kappa shape index (κ1) is 15.7. The predicted octanol–water partition coefficient (Wildman–Crippen LogP) is 4.19. The average Bonchev–Trinajstić information content (AvgIpc) is 2.39. The summed E-state index contributed by atoms with van der Waals surface area (Å²) in [6.07, 6.45) is 2.16. The van der Waals surface area contributed by atoms with Crippen LogP contribution in [-0.4, -0.2) is 19.7 Å². The molecule has 1 aromatic carbocycles. The lowest BCUT2D eigenvalue weighted by molar-refractivity contribution is -0.0278. The van der Waals surface area contributed by atoms with Crippen molar-refractivity contribution in [3.8, 4) is 0 Å². The Bertz CT molecular complexity index is 438. The molecule has 0 bridgehead atoms. The van der Waals surface area contributed by atoms with Gasteiger partial charge in [0.15, 0.2) is 0 Å². The molecule has 2 unspecified atom stereocenters. The van der Waals surface area contributed by atoms with Gasteiger partial charge < -0.3 is 10.1 Å². The van der Waals surface area contributed by atoms with Gasteiger partial charge in [0.05, 0.1) is 6.10 Å². The maximum Gasteiger partial charge on any atom is 0.124 e. The van der Waals surface area contributed by atoms with Gasteiger partial charge in [-0.05, 0) is 43.0 Å². The molecule has 2 nitrogen and oxygen atoms in total.